The fourth-order valence-corrected chi connectivity index (χ4v) is 2.36. The van der Waals surface area contributed by atoms with Crippen molar-refractivity contribution in [2.24, 2.45) is 5.73 Å². The summed E-state index contributed by atoms with van der Waals surface area (Å²) in [4.78, 5) is 1.92. The molecule has 9 heteroatoms. The van der Waals surface area contributed by atoms with E-state index >= 15 is 0 Å². The van der Waals surface area contributed by atoms with E-state index < -0.39 is 17.6 Å². The van der Waals surface area contributed by atoms with Gasteiger partial charge in [-0.15, -0.1) is 24.8 Å². The molecule has 134 valence electrons. The maximum Gasteiger partial charge on any atom is 0.416 e. The van der Waals surface area contributed by atoms with E-state index in [9.17, 15) is 17.6 Å². The number of ether oxygens (including phenoxy) is 1. The number of hydrogen-bond donors (Lipinski definition) is 1. The molecule has 1 heterocycles. The monoisotopic (exact) mass is 378 g/mol. The normalized spacial score (nSPS) is 20.3. The summed E-state index contributed by atoms with van der Waals surface area (Å²) in [6, 6.07) is 2.46. The highest BCUT2D eigenvalue weighted by molar-refractivity contribution is 5.85. The number of halogens is 6. The Bertz CT molecular complexity index is 500. The van der Waals surface area contributed by atoms with E-state index in [2.05, 4.69) is 0 Å². The Morgan fingerprint density at radius 2 is 1.96 bits per heavy atom. The van der Waals surface area contributed by atoms with Crippen LogP contribution in [-0.2, 0) is 17.5 Å². The smallest absolute Gasteiger partial charge is 0.374 e. The van der Waals surface area contributed by atoms with Crippen LogP contribution in [0.2, 0.25) is 0 Å². The van der Waals surface area contributed by atoms with Gasteiger partial charge in [-0.3, -0.25) is 4.90 Å². The topological polar surface area (TPSA) is 38.5 Å². The molecule has 0 amide bonds. The molecular weight excluding hydrogens is 359 g/mol. The first-order chi connectivity index (χ1) is 9.75. The van der Waals surface area contributed by atoms with Crippen molar-refractivity contribution in [3.05, 3.63) is 35.1 Å². The van der Waals surface area contributed by atoms with Crippen molar-refractivity contribution in [2.75, 3.05) is 19.7 Å². The zero-order chi connectivity index (χ0) is 15.6. The summed E-state index contributed by atoms with van der Waals surface area (Å²) in [7, 11) is 0. The number of morpholine rings is 1. The molecule has 23 heavy (non-hydrogen) atoms. The van der Waals surface area contributed by atoms with Crippen LogP contribution in [-0.4, -0.2) is 36.7 Å². The van der Waals surface area contributed by atoms with Crippen molar-refractivity contribution in [3.63, 3.8) is 0 Å². The van der Waals surface area contributed by atoms with Gasteiger partial charge in [-0.1, -0.05) is 0 Å². The number of nitrogens with zero attached hydrogens (tertiary/aromatic N) is 1. The lowest BCUT2D eigenvalue weighted by molar-refractivity contribution is -0.137. The Labute approximate surface area is 145 Å². The first-order valence-electron chi connectivity index (χ1n) is 6.72. The molecule has 0 aromatic heterocycles. The van der Waals surface area contributed by atoms with Crippen molar-refractivity contribution >= 4 is 24.8 Å². The van der Waals surface area contributed by atoms with Gasteiger partial charge >= 0.3 is 6.18 Å². The van der Waals surface area contributed by atoms with Crippen molar-refractivity contribution in [3.8, 4) is 0 Å². The molecule has 0 bridgehead atoms. The van der Waals surface area contributed by atoms with Crippen LogP contribution >= 0.6 is 24.8 Å². The lowest BCUT2D eigenvalue weighted by Crippen LogP contribution is -2.49. The number of alkyl halides is 3. The van der Waals surface area contributed by atoms with Gasteiger partial charge in [0.25, 0.3) is 0 Å². The summed E-state index contributed by atoms with van der Waals surface area (Å²) >= 11 is 0. The summed E-state index contributed by atoms with van der Waals surface area (Å²) in [5.74, 6) is -0.878. The van der Waals surface area contributed by atoms with E-state index in [1.165, 1.54) is 0 Å². The molecule has 1 aromatic rings. The molecule has 0 aliphatic carbocycles. The zero-order valence-corrected chi connectivity index (χ0v) is 14.1. The van der Waals surface area contributed by atoms with Crippen LogP contribution in [0.5, 0.6) is 0 Å². The van der Waals surface area contributed by atoms with Gasteiger partial charge in [0.2, 0.25) is 0 Å². The first-order valence-corrected chi connectivity index (χ1v) is 6.72. The van der Waals surface area contributed by atoms with Crippen LogP contribution in [0.4, 0.5) is 17.6 Å². The van der Waals surface area contributed by atoms with Gasteiger partial charge in [-0.2, -0.15) is 13.2 Å². The lowest BCUT2D eigenvalue weighted by atomic mass is 10.1. The van der Waals surface area contributed by atoms with E-state index in [4.69, 9.17) is 10.5 Å². The maximum absolute atomic E-state index is 13.4. The lowest BCUT2D eigenvalue weighted by Gasteiger charge is -2.34. The van der Waals surface area contributed by atoms with Gasteiger partial charge in [-0.25, -0.2) is 4.39 Å². The molecule has 3 nitrogen and oxygen atoms in total. The Hall–Kier alpha value is -0.600. The Kier molecular flexibility index (Phi) is 8.80. The summed E-state index contributed by atoms with van der Waals surface area (Å²) in [6.07, 6.45) is -4.70. The molecule has 2 N–H and O–H groups in total. The van der Waals surface area contributed by atoms with Gasteiger partial charge in [0.15, 0.2) is 0 Å². The first kappa shape index (κ1) is 22.4. The predicted molar refractivity (Wildman–Crippen MR) is 84.6 cm³/mol. The quantitative estimate of drug-likeness (QED) is 0.820. The highest BCUT2D eigenvalue weighted by Gasteiger charge is 2.31. The van der Waals surface area contributed by atoms with Gasteiger partial charge < -0.3 is 10.5 Å². The highest BCUT2D eigenvalue weighted by Crippen LogP contribution is 2.30. The van der Waals surface area contributed by atoms with Crippen LogP contribution in [0, 0.1) is 5.82 Å². The van der Waals surface area contributed by atoms with Gasteiger partial charge in [0.1, 0.15) is 5.82 Å². The van der Waals surface area contributed by atoms with Gasteiger partial charge in [0.05, 0.1) is 18.3 Å². The number of rotatable bonds is 3. The van der Waals surface area contributed by atoms with Crippen molar-refractivity contribution < 1.29 is 22.3 Å². The molecule has 1 aliphatic heterocycles. The summed E-state index contributed by atoms with van der Waals surface area (Å²) < 4.78 is 56.9. The molecule has 1 aliphatic rings. The third-order valence-corrected chi connectivity index (χ3v) is 3.46. The minimum Gasteiger partial charge on any atom is -0.374 e. The van der Waals surface area contributed by atoms with Gasteiger partial charge in [-0.05, 0) is 30.7 Å². The summed E-state index contributed by atoms with van der Waals surface area (Å²) in [5, 5.41) is 0. The SMILES string of the molecule is CC(N)C1CN(Cc2cc(F)cc(C(F)(F)F)c2)CCO1.Cl.Cl. The molecule has 2 unspecified atom stereocenters. The van der Waals surface area contributed by atoms with Crippen molar-refractivity contribution in [1.29, 1.82) is 0 Å². The Morgan fingerprint density at radius 3 is 2.52 bits per heavy atom. The second-order valence-electron chi connectivity index (χ2n) is 5.35. The van der Waals surface area contributed by atoms with E-state index in [-0.39, 0.29) is 43.5 Å². The van der Waals surface area contributed by atoms with Crippen LogP contribution in [0.1, 0.15) is 18.1 Å². The third-order valence-electron chi connectivity index (χ3n) is 3.46. The molecule has 1 aromatic carbocycles. The molecular formula is C14H20Cl2F4N2O. The van der Waals surface area contributed by atoms with E-state index in [1.807, 2.05) is 11.8 Å². The number of hydrogen-bond acceptors (Lipinski definition) is 3. The van der Waals surface area contributed by atoms with Crippen molar-refractivity contribution in [2.45, 2.75) is 31.8 Å². The molecule has 0 spiro atoms. The second-order valence-corrected chi connectivity index (χ2v) is 5.35. The number of nitrogens with two attached hydrogens (primary N) is 1. The fraction of sp³-hybridized carbons (Fsp3) is 0.571. The molecule has 1 saturated heterocycles. The zero-order valence-electron chi connectivity index (χ0n) is 12.5. The van der Waals surface area contributed by atoms with E-state index in [0.29, 0.717) is 31.3 Å². The van der Waals surface area contributed by atoms with E-state index in [0.717, 1.165) is 12.1 Å². The molecule has 1 fully saturated rings. The minimum atomic E-state index is -4.55. The molecule has 2 rings (SSSR count). The second kappa shape index (κ2) is 9.03. The standard InChI is InChI=1S/C14H18F4N2O.2ClH/c1-9(19)13-8-20(2-3-21-13)7-10-4-11(14(16,17)18)6-12(15)5-10;;/h4-6,9,13H,2-3,7-8,19H2,1H3;2*1H. The average Bonchev–Trinajstić information content (AvgIpc) is 2.37. The predicted octanol–water partition coefficient (Wildman–Crippen LogP) is 3.24. The van der Waals surface area contributed by atoms with Crippen LogP contribution < -0.4 is 5.73 Å². The third kappa shape index (κ3) is 6.43. The molecule has 0 saturated carbocycles. The molecule has 0 radical (unpaired) electrons. The van der Waals surface area contributed by atoms with Crippen molar-refractivity contribution in [1.82, 2.24) is 4.90 Å². The van der Waals surface area contributed by atoms with Crippen LogP contribution in [0.15, 0.2) is 18.2 Å². The van der Waals surface area contributed by atoms with Crippen LogP contribution in [0.25, 0.3) is 0 Å². The number of benzene rings is 1. The molecule has 2 atom stereocenters. The largest absolute Gasteiger partial charge is 0.416 e. The summed E-state index contributed by atoms with van der Waals surface area (Å²) in [5.41, 5.74) is 5.10. The van der Waals surface area contributed by atoms with E-state index in [1.54, 1.807) is 0 Å². The minimum absolute atomic E-state index is 0. The summed E-state index contributed by atoms with van der Waals surface area (Å²) in [6.45, 7) is 3.63. The van der Waals surface area contributed by atoms with Crippen LogP contribution in [0.3, 0.4) is 0 Å². The Morgan fingerprint density at radius 1 is 1.30 bits per heavy atom. The maximum atomic E-state index is 13.4. The average molecular weight is 379 g/mol. The highest BCUT2D eigenvalue weighted by atomic mass is 35.5. The fourth-order valence-electron chi connectivity index (χ4n) is 2.36. The Balaban J connectivity index is 0.00000242. The van der Waals surface area contributed by atoms with Gasteiger partial charge in [0, 0.05) is 25.7 Å².